The van der Waals surface area contributed by atoms with Crippen molar-refractivity contribution in [3.63, 3.8) is 0 Å². The van der Waals surface area contributed by atoms with Crippen LogP contribution in [-0.4, -0.2) is 17.6 Å². The number of pyridine rings is 1. The van der Waals surface area contributed by atoms with E-state index >= 15 is 0 Å². The Labute approximate surface area is 213 Å². The SMILES string of the molecule is CCCC[C@@H](Oc1ccc(C=CC(=O)OCC)cc1Cl)c1cccc(-c2ccc(C(F)(F)F)cc2)n1. The van der Waals surface area contributed by atoms with Gasteiger partial charge in [-0.25, -0.2) is 9.78 Å². The summed E-state index contributed by atoms with van der Waals surface area (Å²) < 4.78 is 49.9. The van der Waals surface area contributed by atoms with Gasteiger partial charge in [-0.05, 0) is 67.8 Å². The molecule has 0 N–H and O–H groups in total. The Morgan fingerprint density at radius 2 is 1.83 bits per heavy atom. The van der Waals surface area contributed by atoms with Gasteiger partial charge in [-0.1, -0.05) is 49.2 Å². The van der Waals surface area contributed by atoms with Crippen molar-refractivity contribution in [1.29, 1.82) is 0 Å². The molecule has 190 valence electrons. The van der Waals surface area contributed by atoms with Gasteiger partial charge in [-0.3, -0.25) is 0 Å². The van der Waals surface area contributed by atoms with Crippen molar-refractivity contribution in [2.24, 2.45) is 0 Å². The van der Waals surface area contributed by atoms with E-state index in [0.29, 0.717) is 46.3 Å². The highest BCUT2D eigenvalue weighted by Crippen LogP contribution is 2.34. The number of carbonyl (C=O) groups is 1. The fourth-order valence-corrected chi connectivity index (χ4v) is 3.74. The topological polar surface area (TPSA) is 48.4 Å². The molecule has 0 bridgehead atoms. The minimum absolute atomic E-state index is 0.296. The average Bonchev–Trinajstić information content (AvgIpc) is 2.86. The number of hydrogen-bond acceptors (Lipinski definition) is 4. The van der Waals surface area contributed by atoms with E-state index in [0.717, 1.165) is 25.0 Å². The highest BCUT2D eigenvalue weighted by Gasteiger charge is 2.30. The zero-order valence-electron chi connectivity index (χ0n) is 20.0. The second kappa shape index (κ2) is 12.6. The number of carbonyl (C=O) groups excluding carboxylic acids is 1. The van der Waals surface area contributed by atoms with Crippen LogP contribution in [0.3, 0.4) is 0 Å². The van der Waals surface area contributed by atoms with Crippen molar-refractivity contribution in [2.45, 2.75) is 45.4 Å². The fourth-order valence-electron chi connectivity index (χ4n) is 3.50. The Bertz CT molecular complexity index is 1190. The predicted octanol–water partition coefficient (Wildman–Crippen LogP) is 8.31. The van der Waals surface area contributed by atoms with Gasteiger partial charge < -0.3 is 9.47 Å². The van der Waals surface area contributed by atoms with Crippen LogP contribution >= 0.6 is 11.6 Å². The highest BCUT2D eigenvalue weighted by molar-refractivity contribution is 6.32. The van der Waals surface area contributed by atoms with Gasteiger partial charge in [-0.15, -0.1) is 0 Å². The normalized spacial score (nSPS) is 12.5. The predicted molar refractivity (Wildman–Crippen MR) is 135 cm³/mol. The molecule has 0 aliphatic rings. The first kappa shape index (κ1) is 27.3. The Kier molecular flexibility index (Phi) is 9.53. The van der Waals surface area contributed by atoms with Crippen LogP contribution in [0.4, 0.5) is 13.2 Å². The second-order valence-electron chi connectivity index (χ2n) is 8.05. The number of ether oxygens (including phenoxy) is 2. The van der Waals surface area contributed by atoms with E-state index in [9.17, 15) is 18.0 Å². The van der Waals surface area contributed by atoms with Crippen molar-refractivity contribution in [3.8, 4) is 17.0 Å². The molecule has 2 aromatic carbocycles. The third kappa shape index (κ3) is 7.59. The number of halogens is 4. The van der Waals surface area contributed by atoms with Crippen molar-refractivity contribution < 1.29 is 27.4 Å². The summed E-state index contributed by atoms with van der Waals surface area (Å²) in [4.78, 5) is 16.2. The summed E-state index contributed by atoms with van der Waals surface area (Å²) in [7, 11) is 0. The van der Waals surface area contributed by atoms with Crippen LogP contribution in [0, 0.1) is 0 Å². The van der Waals surface area contributed by atoms with Gasteiger partial charge in [0.05, 0.1) is 28.6 Å². The number of hydrogen-bond donors (Lipinski definition) is 0. The highest BCUT2D eigenvalue weighted by atomic mass is 35.5. The molecule has 0 spiro atoms. The maximum absolute atomic E-state index is 12.9. The summed E-state index contributed by atoms with van der Waals surface area (Å²) in [5.41, 5.74) is 1.80. The van der Waals surface area contributed by atoms with E-state index in [1.165, 1.54) is 18.2 Å². The van der Waals surface area contributed by atoms with Crippen LogP contribution in [0.25, 0.3) is 17.3 Å². The Morgan fingerprint density at radius 1 is 1.08 bits per heavy atom. The third-order valence-corrected chi connectivity index (χ3v) is 5.65. The lowest BCUT2D eigenvalue weighted by molar-refractivity contribution is -0.138. The summed E-state index contributed by atoms with van der Waals surface area (Å²) in [5.74, 6) is 0.0281. The van der Waals surface area contributed by atoms with E-state index in [2.05, 4.69) is 11.9 Å². The monoisotopic (exact) mass is 517 g/mol. The van der Waals surface area contributed by atoms with E-state index in [1.807, 2.05) is 12.1 Å². The first-order valence-electron chi connectivity index (χ1n) is 11.7. The van der Waals surface area contributed by atoms with Gasteiger partial charge in [0.25, 0.3) is 0 Å². The number of unbranched alkanes of at least 4 members (excludes halogenated alkanes) is 1. The first-order chi connectivity index (χ1) is 17.2. The quantitative estimate of drug-likeness (QED) is 0.200. The number of aromatic nitrogens is 1. The molecule has 0 unspecified atom stereocenters. The van der Waals surface area contributed by atoms with Gasteiger partial charge in [0, 0.05) is 11.6 Å². The molecule has 3 rings (SSSR count). The molecular formula is C28H27ClF3NO3. The molecule has 0 saturated heterocycles. The van der Waals surface area contributed by atoms with Crippen LogP contribution in [0.15, 0.2) is 66.7 Å². The molecule has 8 heteroatoms. The van der Waals surface area contributed by atoms with Crippen LogP contribution in [-0.2, 0) is 15.7 Å². The molecule has 4 nitrogen and oxygen atoms in total. The Balaban J connectivity index is 1.83. The minimum atomic E-state index is -4.39. The van der Waals surface area contributed by atoms with Gasteiger partial charge in [0.15, 0.2) is 0 Å². The minimum Gasteiger partial charge on any atom is -0.483 e. The van der Waals surface area contributed by atoms with Crippen LogP contribution in [0.1, 0.15) is 56.0 Å². The third-order valence-electron chi connectivity index (χ3n) is 5.35. The van der Waals surface area contributed by atoms with E-state index in [-0.39, 0.29) is 0 Å². The lowest BCUT2D eigenvalue weighted by Crippen LogP contribution is -2.10. The first-order valence-corrected chi connectivity index (χ1v) is 12.0. The zero-order chi connectivity index (χ0) is 26.1. The Hall–Kier alpha value is -3.32. The number of nitrogens with zero attached hydrogens (tertiary/aromatic N) is 1. The van der Waals surface area contributed by atoms with Crippen molar-refractivity contribution >= 4 is 23.6 Å². The summed E-state index contributed by atoms with van der Waals surface area (Å²) in [5, 5.41) is 0.376. The van der Waals surface area contributed by atoms with Gasteiger partial charge in [0.2, 0.25) is 0 Å². The lowest BCUT2D eigenvalue weighted by Gasteiger charge is -2.20. The van der Waals surface area contributed by atoms with E-state index < -0.39 is 23.8 Å². The molecule has 3 aromatic rings. The maximum Gasteiger partial charge on any atom is 0.416 e. The molecule has 1 atom stereocenters. The largest absolute Gasteiger partial charge is 0.483 e. The molecule has 0 aliphatic carbocycles. The van der Waals surface area contributed by atoms with Crippen molar-refractivity contribution in [1.82, 2.24) is 4.98 Å². The average molecular weight is 518 g/mol. The summed E-state index contributed by atoms with van der Waals surface area (Å²) in [6.07, 6.45) is 0.654. The molecule has 1 aromatic heterocycles. The molecule has 0 amide bonds. The Morgan fingerprint density at radius 3 is 2.47 bits per heavy atom. The summed E-state index contributed by atoms with van der Waals surface area (Å²) in [6, 6.07) is 15.5. The van der Waals surface area contributed by atoms with Crippen LogP contribution in [0.5, 0.6) is 5.75 Å². The standard InChI is InChI=1S/C28H27ClF3NO3/c1-3-5-9-26(36-25-16-10-19(18-22(25)29)11-17-27(34)35-4-2)24-8-6-7-23(33-24)20-12-14-21(15-13-20)28(30,31)32/h6-8,10-18,26H,3-5,9H2,1-2H3/t26-/m1/s1. The van der Waals surface area contributed by atoms with Crippen molar-refractivity contribution in [2.75, 3.05) is 6.61 Å². The zero-order valence-corrected chi connectivity index (χ0v) is 20.8. The van der Waals surface area contributed by atoms with E-state index in [1.54, 1.807) is 37.3 Å². The lowest BCUT2D eigenvalue weighted by atomic mass is 10.1. The number of rotatable bonds is 10. The number of alkyl halides is 3. The fraction of sp³-hybridized carbons (Fsp3) is 0.286. The molecular weight excluding hydrogens is 491 g/mol. The molecule has 0 fully saturated rings. The molecule has 0 aliphatic heterocycles. The van der Waals surface area contributed by atoms with Crippen LogP contribution in [0.2, 0.25) is 5.02 Å². The number of esters is 1. The van der Waals surface area contributed by atoms with Gasteiger partial charge >= 0.3 is 12.1 Å². The summed E-state index contributed by atoms with van der Waals surface area (Å²) in [6.45, 7) is 4.10. The summed E-state index contributed by atoms with van der Waals surface area (Å²) >= 11 is 6.46. The maximum atomic E-state index is 12.9. The molecule has 0 radical (unpaired) electrons. The van der Waals surface area contributed by atoms with Crippen LogP contribution < -0.4 is 4.74 Å². The second-order valence-corrected chi connectivity index (χ2v) is 8.45. The number of benzene rings is 2. The van der Waals surface area contributed by atoms with Gasteiger partial charge in [-0.2, -0.15) is 13.2 Å². The van der Waals surface area contributed by atoms with Gasteiger partial charge in [0.1, 0.15) is 11.9 Å². The molecule has 1 heterocycles. The van der Waals surface area contributed by atoms with Crippen molar-refractivity contribution in [3.05, 3.63) is 88.6 Å². The molecule has 0 saturated carbocycles. The smallest absolute Gasteiger partial charge is 0.416 e. The van der Waals surface area contributed by atoms with E-state index in [4.69, 9.17) is 21.1 Å². The molecule has 36 heavy (non-hydrogen) atoms.